The summed E-state index contributed by atoms with van der Waals surface area (Å²) in [5, 5.41) is 8.97. The topological polar surface area (TPSA) is 27.0 Å². The van der Waals surface area contributed by atoms with Crippen molar-refractivity contribution in [3.8, 4) is 6.07 Å². The van der Waals surface area contributed by atoms with Crippen LogP contribution in [0, 0.1) is 17.2 Å². The maximum atomic E-state index is 12.8. The van der Waals surface area contributed by atoms with Crippen LogP contribution in [0.2, 0.25) is 0 Å². The fourth-order valence-corrected chi connectivity index (χ4v) is 3.06. The Morgan fingerprint density at radius 1 is 1.29 bits per heavy atom. The van der Waals surface area contributed by atoms with Crippen molar-refractivity contribution in [1.82, 2.24) is 0 Å². The van der Waals surface area contributed by atoms with Crippen LogP contribution in [-0.4, -0.2) is 13.1 Å². The van der Waals surface area contributed by atoms with Crippen LogP contribution >= 0.6 is 0 Å². The van der Waals surface area contributed by atoms with Crippen LogP contribution in [-0.2, 0) is 6.18 Å². The van der Waals surface area contributed by atoms with Gasteiger partial charge in [-0.1, -0.05) is 19.8 Å². The minimum Gasteiger partial charge on any atom is -0.372 e. The van der Waals surface area contributed by atoms with Gasteiger partial charge in [-0.3, -0.25) is 0 Å². The highest BCUT2D eigenvalue weighted by Gasteiger charge is 2.34. The highest BCUT2D eigenvalue weighted by molar-refractivity contribution is 5.55. The van der Waals surface area contributed by atoms with Gasteiger partial charge in [0.05, 0.1) is 17.2 Å². The molecule has 0 saturated heterocycles. The van der Waals surface area contributed by atoms with Gasteiger partial charge >= 0.3 is 6.18 Å². The Morgan fingerprint density at radius 3 is 2.57 bits per heavy atom. The quantitative estimate of drug-likeness (QED) is 0.798. The van der Waals surface area contributed by atoms with Crippen molar-refractivity contribution in [3.63, 3.8) is 0 Å². The molecule has 0 radical (unpaired) electrons. The number of nitriles is 1. The monoisotopic (exact) mass is 296 g/mol. The molecule has 1 aliphatic rings. The number of nitrogens with zero attached hydrogens (tertiary/aromatic N) is 2. The maximum Gasteiger partial charge on any atom is 0.417 e. The largest absolute Gasteiger partial charge is 0.417 e. The van der Waals surface area contributed by atoms with E-state index >= 15 is 0 Å². The van der Waals surface area contributed by atoms with Crippen molar-refractivity contribution in [2.75, 3.05) is 11.9 Å². The zero-order chi connectivity index (χ0) is 15.6. The molecular formula is C16H19F3N2. The summed E-state index contributed by atoms with van der Waals surface area (Å²) in [6.07, 6.45) is -0.0482. The van der Waals surface area contributed by atoms with Crippen LogP contribution in [0.1, 0.15) is 43.7 Å². The van der Waals surface area contributed by atoms with Crippen molar-refractivity contribution in [2.45, 2.75) is 44.8 Å². The molecule has 0 aromatic heterocycles. The summed E-state index contributed by atoms with van der Waals surface area (Å²) in [6.45, 7) is 2.20. The van der Waals surface area contributed by atoms with Gasteiger partial charge in [0.25, 0.3) is 0 Å². The molecule has 2 nitrogen and oxygen atoms in total. The summed E-state index contributed by atoms with van der Waals surface area (Å²) in [6, 6.07) is 5.81. The van der Waals surface area contributed by atoms with E-state index in [1.165, 1.54) is 18.6 Å². The molecule has 114 valence electrons. The number of halogens is 3. The second-order valence-corrected chi connectivity index (χ2v) is 5.88. The van der Waals surface area contributed by atoms with E-state index in [1.54, 1.807) is 6.07 Å². The molecule has 1 aliphatic carbocycles. The lowest BCUT2D eigenvalue weighted by atomic mass is 9.86. The zero-order valence-corrected chi connectivity index (χ0v) is 12.2. The molecule has 0 spiro atoms. The van der Waals surface area contributed by atoms with Gasteiger partial charge in [-0.05, 0) is 37.0 Å². The summed E-state index contributed by atoms with van der Waals surface area (Å²) in [5.74, 6) is 0.635. The highest BCUT2D eigenvalue weighted by Crippen LogP contribution is 2.35. The number of hydrogen-bond acceptors (Lipinski definition) is 2. The van der Waals surface area contributed by atoms with Gasteiger partial charge in [-0.2, -0.15) is 18.4 Å². The Kier molecular flexibility index (Phi) is 4.46. The van der Waals surface area contributed by atoms with E-state index in [0.29, 0.717) is 17.6 Å². The normalized spacial score (nSPS) is 22.7. The minimum atomic E-state index is -4.48. The van der Waals surface area contributed by atoms with Crippen molar-refractivity contribution < 1.29 is 13.2 Å². The molecule has 2 unspecified atom stereocenters. The van der Waals surface area contributed by atoms with Crippen molar-refractivity contribution in [3.05, 3.63) is 29.3 Å². The van der Waals surface area contributed by atoms with E-state index in [-0.39, 0.29) is 5.56 Å². The first-order valence-electron chi connectivity index (χ1n) is 7.17. The molecule has 0 N–H and O–H groups in total. The third-order valence-corrected chi connectivity index (χ3v) is 4.29. The van der Waals surface area contributed by atoms with Gasteiger partial charge in [0.2, 0.25) is 0 Å². The van der Waals surface area contributed by atoms with Crippen molar-refractivity contribution >= 4 is 5.69 Å². The molecule has 1 fully saturated rings. The van der Waals surface area contributed by atoms with Gasteiger partial charge in [-0.25, -0.2) is 0 Å². The fraction of sp³-hybridized carbons (Fsp3) is 0.562. The summed E-state index contributed by atoms with van der Waals surface area (Å²) in [7, 11) is 1.90. The van der Waals surface area contributed by atoms with Crippen LogP contribution in [0.3, 0.4) is 0 Å². The number of hydrogen-bond donors (Lipinski definition) is 0. The molecule has 1 saturated carbocycles. The van der Waals surface area contributed by atoms with Gasteiger partial charge < -0.3 is 4.90 Å². The van der Waals surface area contributed by atoms with E-state index < -0.39 is 11.7 Å². The zero-order valence-electron chi connectivity index (χ0n) is 12.2. The molecule has 0 heterocycles. The van der Waals surface area contributed by atoms with E-state index in [0.717, 1.165) is 25.3 Å². The maximum absolute atomic E-state index is 12.8. The average Bonchev–Trinajstić information content (AvgIpc) is 2.44. The first-order chi connectivity index (χ1) is 9.82. The number of rotatable bonds is 2. The molecule has 1 aromatic rings. The molecule has 0 aliphatic heterocycles. The Balaban J connectivity index is 2.26. The Labute approximate surface area is 123 Å². The smallest absolute Gasteiger partial charge is 0.372 e. The minimum absolute atomic E-state index is 0.310. The Morgan fingerprint density at radius 2 is 2.00 bits per heavy atom. The van der Waals surface area contributed by atoms with Gasteiger partial charge in [0.15, 0.2) is 0 Å². The molecule has 2 rings (SSSR count). The van der Waals surface area contributed by atoms with Crippen LogP contribution in [0.4, 0.5) is 18.9 Å². The lowest BCUT2D eigenvalue weighted by Gasteiger charge is -2.35. The van der Waals surface area contributed by atoms with Crippen molar-refractivity contribution in [1.29, 1.82) is 5.26 Å². The first kappa shape index (κ1) is 15.7. The Bertz CT molecular complexity index is 545. The first-order valence-corrected chi connectivity index (χ1v) is 7.17. The molecule has 1 aromatic carbocycles. The van der Waals surface area contributed by atoms with Crippen LogP contribution in [0.25, 0.3) is 0 Å². The van der Waals surface area contributed by atoms with Gasteiger partial charge in [0.1, 0.15) is 0 Å². The molecule has 5 heteroatoms. The summed E-state index contributed by atoms with van der Waals surface area (Å²) < 4.78 is 38.4. The molecule has 0 amide bonds. The molecule has 0 bridgehead atoms. The van der Waals surface area contributed by atoms with Gasteiger partial charge in [0, 0.05) is 18.8 Å². The number of alkyl halides is 3. The Hall–Kier alpha value is -1.70. The van der Waals surface area contributed by atoms with Crippen LogP contribution in [0.15, 0.2) is 18.2 Å². The van der Waals surface area contributed by atoms with E-state index in [1.807, 2.05) is 11.9 Å². The third-order valence-electron chi connectivity index (χ3n) is 4.29. The number of benzene rings is 1. The van der Waals surface area contributed by atoms with Crippen LogP contribution < -0.4 is 4.90 Å². The average molecular weight is 296 g/mol. The molecule has 2 atom stereocenters. The summed E-state index contributed by atoms with van der Waals surface area (Å²) >= 11 is 0. The summed E-state index contributed by atoms with van der Waals surface area (Å²) in [5.41, 5.74) is -0.492. The second-order valence-electron chi connectivity index (χ2n) is 5.88. The number of anilines is 1. The van der Waals surface area contributed by atoms with Gasteiger partial charge in [-0.15, -0.1) is 0 Å². The molecule has 21 heavy (non-hydrogen) atoms. The summed E-state index contributed by atoms with van der Waals surface area (Å²) in [4.78, 5) is 2.01. The fourth-order valence-electron chi connectivity index (χ4n) is 3.06. The van der Waals surface area contributed by atoms with E-state index in [4.69, 9.17) is 5.26 Å². The highest BCUT2D eigenvalue weighted by atomic mass is 19.4. The van der Waals surface area contributed by atoms with E-state index in [2.05, 4.69) is 6.92 Å². The molecular weight excluding hydrogens is 277 g/mol. The second kappa shape index (κ2) is 5.97. The SMILES string of the molecule is CC1CCCC(N(C)c2ccc(C(F)(F)F)c(C#N)c2)C1. The lowest BCUT2D eigenvalue weighted by molar-refractivity contribution is -0.137. The predicted octanol–water partition coefficient (Wildman–Crippen LogP) is 4.59. The lowest BCUT2D eigenvalue weighted by Crippen LogP contribution is -2.35. The van der Waals surface area contributed by atoms with Crippen LogP contribution in [0.5, 0.6) is 0 Å². The third kappa shape index (κ3) is 3.49. The van der Waals surface area contributed by atoms with E-state index in [9.17, 15) is 13.2 Å². The standard InChI is InChI=1S/C16H19F3N2/c1-11-4-3-5-13(8-11)21(2)14-6-7-15(16(17,18)19)12(9-14)10-20/h6-7,9,11,13H,3-5,8H2,1-2H3. The predicted molar refractivity (Wildman–Crippen MR) is 76.0 cm³/mol. The van der Waals surface area contributed by atoms with Crippen molar-refractivity contribution in [2.24, 2.45) is 5.92 Å².